The number of halogens is 4. The summed E-state index contributed by atoms with van der Waals surface area (Å²) in [5, 5.41) is 2.42. The number of hydrogen-bond donors (Lipinski definition) is 1. The van der Waals surface area contributed by atoms with Crippen LogP contribution in [0.25, 0.3) is 0 Å². The van der Waals surface area contributed by atoms with Crippen molar-refractivity contribution in [3.8, 4) is 0 Å². The molecule has 0 aliphatic carbocycles. The Bertz CT molecular complexity index is 500. The van der Waals surface area contributed by atoms with Gasteiger partial charge in [0.05, 0.1) is 5.69 Å². The first-order chi connectivity index (χ1) is 8.96. The molecule has 0 atom stereocenters. The Morgan fingerprint density at radius 3 is 2.40 bits per heavy atom. The second-order valence-corrected chi connectivity index (χ2v) is 6.36. The number of rotatable bonds is 2. The Labute approximate surface area is 123 Å². The molecule has 0 spiro atoms. The van der Waals surface area contributed by atoms with E-state index in [1.807, 2.05) is 0 Å². The second kappa shape index (κ2) is 6.13. The van der Waals surface area contributed by atoms with E-state index in [1.165, 1.54) is 12.1 Å². The van der Waals surface area contributed by atoms with E-state index in [0.717, 1.165) is 6.07 Å². The molecular formula is C12H13ClF3NO2S. The van der Waals surface area contributed by atoms with Crippen LogP contribution in [0.5, 0.6) is 0 Å². The molecule has 0 fully saturated rings. The molecule has 112 valence electrons. The molecule has 0 saturated carbocycles. The number of thioether (sulfide) groups is 1. The largest absolute Gasteiger partial charge is 0.446 e. The van der Waals surface area contributed by atoms with Gasteiger partial charge in [0.25, 0.3) is 0 Å². The zero-order chi connectivity index (χ0) is 15.6. The lowest BCUT2D eigenvalue weighted by Gasteiger charge is -2.20. The fraction of sp³-hybridized carbons (Fsp3) is 0.417. The average Bonchev–Trinajstić information content (AvgIpc) is 2.17. The highest BCUT2D eigenvalue weighted by molar-refractivity contribution is 8.00. The Morgan fingerprint density at radius 1 is 1.30 bits per heavy atom. The van der Waals surface area contributed by atoms with Crippen molar-refractivity contribution < 1.29 is 22.7 Å². The number of nitrogens with one attached hydrogen (secondary N) is 1. The van der Waals surface area contributed by atoms with Crippen molar-refractivity contribution in [3.63, 3.8) is 0 Å². The third kappa shape index (κ3) is 6.38. The maximum Gasteiger partial charge on any atom is 0.446 e. The van der Waals surface area contributed by atoms with Gasteiger partial charge in [0.1, 0.15) is 5.60 Å². The fourth-order valence-corrected chi connectivity index (χ4v) is 2.12. The lowest BCUT2D eigenvalue weighted by molar-refractivity contribution is -0.0328. The van der Waals surface area contributed by atoms with Gasteiger partial charge in [-0.1, -0.05) is 11.6 Å². The molecule has 1 aromatic carbocycles. The van der Waals surface area contributed by atoms with Gasteiger partial charge in [-0.05, 0) is 50.7 Å². The molecule has 0 radical (unpaired) electrons. The minimum absolute atomic E-state index is 0.00836. The summed E-state index contributed by atoms with van der Waals surface area (Å²) in [6.45, 7) is 4.96. The highest BCUT2D eigenvalue weighted by atomic mass is 35.5. The quantitative estimate of drug-likeness (QED) is 0.749. The standard InChI is InChI=1S/C12H13ClF3NO2S/c1-11(2,3)19-10(18)17-8-5-4-7(13)6-9(8)20-12(14,15)16/h4-6H,1-3H3,(H,17,18). The highest BCUT2D eigenvalue weighted by Crippen LogP contribution is 2.41. The fourth-order valence-electron chi connectivity index (χ4n) is 1.22. The number of amides is 1. The van der Waals surface area contributed by atoms with Crippen molar-refractivity contribution in [2.45, 2.75) is 36.8 Å². The van der Waals surface area contributed by atoms with Crippen LogP contribution < -0.4 is 5.32 Å². The number of ether oxygens (including phenoxy) is 1. The van der Waals surface area contributed by atoms with Gasteiger partial charge in [-0.25, -0.2) is 4.79 Å². The van der Waals surface area contributed by atoms with Crippen LogP contribution in [0.4, 0.5) is 23.7 Å². The third-order valence-electron chi connectivity index (χ3n) is 1.80. The zero-order valence-corrected chi connectivity index (χ0v) is 12.5. The summed E-state index contributed by atoms with van der Waals surface area (Å²) in [5.74, 6) is 0. The Morgan fingerprint density at radius 2 is 1.90 bits per heavy atom. The number of hydrogen-bond acceptors (Lipinski definition) is 3. The monoisotopic (exact) mass is 327 g/mol. The van der Waals surface area contributed by atoms with Crippen LogP contribution in [0.15, 0.2) is 23.1 Å². The molecule has 1 aromatic rings. The molecule has 1 amide bonds. The highest BCUT2D eigenvalue weighted by Gasteiger charge is 2.31. The van der Waals surface area contributed by atoms with Crippen LogP contribution in [-0.4, -0.2) is 17.2 Å². The average molecular weight is 328 g/mol. The van der Waals surface area contributed by atoms with Gasteiger partial charge in [0, 0.05) is 9.92 Å². The minimum atomic E-state index is -4.48. The van der Waals surface area contributed by atoms with E-state index in [2.05, 4.69) is 5.32 Å². The van der Waals surface area contributed by atoms with E-state index in [1.54, 1.807) is 20.8 Å². The van der Waals surface area contributed by atoms with Crippen LogP contribution in [0, 0.1) is 0 Å². The Kier molecular flexibility index (Phi) is 5.21. The van der Waals surface area contributed by atoms with E-state index in [-0.39, 0.29) is 27.4 Å². The molecule has 0 aliphatic rings. The van der Waals surface area contributed by atoms with Gasteiger partial charge in [-0.15, -0.1) is 0 Å². The Hall–Kier alpha value is -1.08. The Balaban J connectivity index is 2.92. The maximum atomic E-state index is 12.4. The second-order valence-electron chi connectivity index (χ2n) is 4.82. The van der Waals surface area contributed by atoms with E-state index in [0.29, 0.717) is 0 Å². The molecule has 3 nitrogen and oxygen atoms in total. The molecule has 0 bridgehead atoms. The summed E-state index contributed by atoms with van der Waals surface area (Å²) in [4.78, 5) is 11.4. The van der Waals surface area contributed by atoms with Gasteiger partial charge in [0.2, 0.25) is 0 Å². The molecule has 8 heteroatoms. The van der Waals surface area contributed by atoms with Crippen molar-refractivity contribution in [3.05, 3.63) is 23.2 Å². The smallest absolute Gasteiger partial charge is 0.444 e. The molecule has 0 aromatic heterocycles. The molecule has 0 aliphatic heterocycles. The summed E-state index contributed by atoms with van der Waals surface area (Å²) in [5.41, 5.74) is -5.23. The van der Waals surface area contributed by atoms with Gasteiger partial charge in [-0.3, -0.25) is 5.32 Å². The predicted octanol–water partition coefficient (Wildman–Crippen LogP) is 5.30. The number of benzene rings is 1. The lowest BCUT2D eigenvalue weighted by Crippen LogP contribution is -2.27. The van der Waals surface area contributed by atoms with Crippen LogP contribution in [0.2, 0.25) is 5.02 Å². The predicted molar refractivity (Wildman–Crippen MR) is 73.2 cm³/mol. The lowest BCUT2D eigenvalue weighted by atomic mass is 10.2. The first-order valence-corrected chi connectivity index (χ1v) is 6.71. The van der Waals surface area contributed by atoms with Crippen molar-refractivity contribution >= 4 is 35.1 Å². The zero-order valence-electron chi connectivity index (χ0n) is 11.0. The van der Waals surface area contributed by atoms with Crippen LogP contribution in [0.1, 0.15) is 20.8 Å². The molecule has 0 unspecified atom stereocenters. The van der Waals surface area contributed by atoms with E-state index in [4.69, 9.17) is 16.3 Å². The summed E-state index contributed by atoms with van der Waals surface area (Å²) in [6, 6.07) is 3.81. The number of carbonyl (C=O) groups is 1. The summed E-state index contributed by atoms with van der Waals surface area (Å²) in [6.07, 6.45) is -0.830. The first kappa shape index (κ1) is 17.0. The van der Waals surface area contributed by atoms with Crippen molar-refractivity contribution in [1.82, 2.24) is 0 Å². The van der Waals surface area contributed by atoms with Gasteiger partial charge < -0.3 is 4.74 Å². The normalized spacial score (nSPS) is 12.2. The third-order valence-corrected chi connectivity index (χ3v) is 2.83. The van der Waals surface area contributed by atoms with E-state index in [9.17, 15) is 18.0 Å². The number of carbonyl (C=O) groups excluding carboxylic acids is 1. The molecule has 1 rings (SSSR count). The number of alkyl halides is 3. The van der Waals surface area contributed by atoms with Crippen LogP contribution >= 0.6 is 23.4 Å². The van der Waals surface area contributed by atoms with Gasteiger partial charge >= 0.3 is 11.6 Å². The van der Waals surface area contributed by atoms with E-state index >= 15 is 0 Å². The van der Waals surface area contributed by atoms with Gasteiger partial charge in [-0.2, -0.15) is 13.2 Å². The molecule has 0 saturated heterocycles. The van der Waals surface area contributed by atoms with Crippen molar-refractivity contribution in [1.29, 1.82) is 0 Å². The molecule has 0 heterocycles. The number of anilines is 1. The summed E-state index contributed by atoms with van der Waals surface area (Å²) >= 11 is 5.31. The first-order valence-electron chi connectivity index (χ1n) is 5.51. The van der Waals surface area contributed by atoms with Crippen molar-refractivity contribution in [2.24, 2.45) is 0 Å². The molecular weight excluding hydrogens is 315 g/mol. The van der Waals surface area contributed by atoms with E-state index < -0.39 is 17.2 Å². The summed E-state index contributed by atoms with van der Waals surface area (Å²) in [7, 11) is 0. The SMILES string of the molecule is CC(C)(C)OC(=O)Nc1ccc(Cl)cc1SC(F)(F)F. The maximum absolute atomic E-state index is 12.4. The molecule has 20 heavy (non-hydrogen) atoms. The van der Waals surface area contributed by atoms with Crippen LogP contribution in [0.3, 0.4) is 0 Å². The molecule has 1 N–H and O–H groups in total. The van der Waals surface area contributed by atoms with Gasteiger partial charge in [0.15, 0.2) is 0 Å². The minimum Gasteiger partial charge on any atom is -0.444 e. The van der Waals surface area contributed by atoms with Crippen molar-refractivity contribution in [2.75, 3.05) is 5.32 Å². The topological polar surface area (TPSA) is 38.3 Å². The summed E-state index contributed by atoms with van der Waals surface area (Å²) < 4.78 is 42.3. The van der Waals surface area contributed by atoms with Crippen LogP contribution in [-0.2, 0) is 4.74 Å².